The number of rotatable bonds is 3. The maximum atomic E-state index is 12.5. The lowest BCUT2D eigenvalue weighted by molar-refractivity contribution is -0.167. The zero-order chi connectivity index (χ0) is 19.1. The van der Waals surface area contributed by atoms with Gasteiger partial charge in [0.05, 0.1) is 16.9 Å². The van der Waals surface area contributed by atoms with Crippen LogP contribution in [0.15, 0.2) is 12.2 Å². The molecule has 0 amide bonds. The third-order valence-corrected chi connectivity index (χ3v) is 8.51. The molecule has 4 aliphatic rings. The first-order valence-corrected chi connectivity index (χ1v) is 9.41. The highest BCUT2D eigenvalue weighted by Crippen LogP contribution is 2.77. The van der Waals surface area contributed by atoms with E-state index >= 15 is 0 Å². The Balaban J connectivity index is 1.98. The smallest absolute Gasteiger partial charge is 0.309 e. The number of carboxylic acid groups (broad SMARTS) is 2. The number of carboxylic acids is 2. The van der Waals surface area contributed by atoms with Gasteiger partial charge in [0, 0.05) is 11.3 Å². The Morgan fingerprint density at radius 1 is 1.23 bits per heavy atom. The van der Waals surface area contributed by atoms with E-state index in [9.17, 15) is 29.7 Å². The van der Waals surface area contributed by atoms with Gasteiger partial charge in [0.25, 0.3) is 0 Å². The van der Waals surface area contributed by atoms with E-state index in [1.165, 1.54) is 0 Å². The lowest BCUT2D eigenvalue weighted by atomic mass is 9.53. The van der Waals surface area contributed by atoms with E-state index in [0.29, 0.717) is 44.1 Å². The average molecular weight is 362 g/mol. The standard InChI is InChI=1S/C20H26O6/c1-11-8-19-9-20(11,26)7-4-12(19)18(10-21)6-3-5-17(2,16(24)25)14(18)13(19)15(22)23/h10,12-14,26H,1,3-9H2,2H3,(H,22,23)(H,24,25)/t12-,13-,14+,17-,18-,19+,20+/m1/s1. The summed E-state index contributed by atoms with van der Waals surface area (Å²) in [5.74, 6) is -3.99. The van der Waals surface area contributed by atoms with Crippen molar-refractivity contribution in [2.24, 2.45) is 34.0 Å². The maximum absolute atomic E-state index is 12.5. The minimum Gasteiger partial charge on any atom is -0.481 e. The van der Waals surface area contributed by atoms with Crippen LogP contribution in [0.4, 0.5) is 0 Å². The van der Waals surface area contributed by atoms with E-state index in [4.69, 9.17) is 0 Å². The zero-order valence-corrected chi connectivity index (χ0v) is 15.0. The number of carbonyl (C=O) groups is 3. The van der Waals surface area contributed by atoms with Gasteiger partial charge in [0.2, 0.25) is 0 Å². The molecule has 2 bridgehead atoms. The van der Waals surface area contributed by atoms with E-state index in [1.807, 2.05) is 0 Å². The van der Waals surface area contributed by atoms with Crippen molar-refractivity contribution in [3.05, 3.63) is 12.2 Å². The van der Waals surface area contributed by atoms with E-state index in [0.717, 1.165) is 6.29 Å². The summed E-state index contributed by atoms with van der Waals surface area (Å²) in [5, 5.41) is 31.1. The summed E-state index contributed by atoms with van der Waals surface area (Å²) < 4.78 is 0. The summed E-state index contributed by atoms with van der Waals surface area (Å²) in [6.45, 7) is 5.62. The van der Waals surface area contributed by atoms with Crippen LogP contribution < -0.4 is 0 Å². The Hall–Kier alpha value is -1.69. The topological polar surface area (TPSA) is 112 Å². The summed E-state index contributed by atoms with van der Waals surface area (Å²) >= 11 is 0. The van der Waals surface area contributed by atoms with Crippen LogP contribution in [0.25, 0.3) is 0 Å². The molecule has 0 aromatic rings. The highest BCUT2D eigenvalue weighted by Gasteiger charge is 2.78. The van der Waals surface area contributed by atoms with Gasteiger partial charge in [-0.25, -0.2) is 0 Å². The molecule has 4 rings (SSSR count). The van der Waals surface area contributed by atoms with Gasteiger partial charge in [-0.3, -0.25) is 9.59 Å². The molecule has 0 saturated heterocycles. The maximum Gasteiger partial charge on any atom is 0.309 e. The quantitative estimate of drug-likeness (QED) is 0.524. The van der Waals surface area contributed by atoms with Gasteiger partial charge in [0.15, 0.2) is 0 Å². The van der Waals surface area contributed by atoms with Gasteiger partial charge in [-0.15, -0.1) is 0 Å². The van der Waals surface area contributed by atoms with Crippen molar-refractivity contribution in [2.45, 2.75) is 57.5 Å². The Morgan fingerprint density at radius 3 is 2.50 bits per heavy atom. The van der Waals surface area contributed by atoms with E-state index in [-0.39, 0.29) is 12.3 Å². The normalized spacial score (nSPS) is 52.2. The molecule has 0 aliphatic heterocycles. The van der Waals surface area contributed by atoms with Gasteiger partial charge < -0.3 is 20.1 Å². The lowest BCUT2D eigenvalue weighted by Gasteiger charge is -2.49. The Bertz CT molecular complexity index is 730. The minimum absolute atomic E-state index is 0.211. The third kappa shape index (κ3) is 1.74. The van der Waals surface area contributed by atoms with Crippen molar-refractivity contribution in [2.75, 3.05) is 0 Å². The number of carbonyl (C=O) groups excluding carboxylic acids is 1. The Labute approximate surface area is 152 Å². The van der Waals surface area contributed by atoms with E-state index < -0.39 is 45.6 Å². The molecule has 6 nitrogen and oxygen atoms in total. The molecule has 1 spiro atoms. The molecule has 7 atom stereocenters. The molecule has 0 radical (unpaired) electrons. The fourth-order valence-corrected chi connectivity index (χ4v) is 7.63. The summed E-state index contributed by atoms with van der Waals surface area (Å²) in [7, 11) is 0. The van der Waals surface area contributed by atoms with Gasteiger partial charge >= 0.3 is 11.9 Å². The average Bonchev–Trinajstić information content (AvgIpc) is 2.92. The summed E-state index contributed by atoms with van der Waals surface area (Å²) in [5.41, 5.74) is -3.41. The number of aliphatic carboxylic acids is 2. The van der Waals surface area contributed by atoms with Crippen molar-refractivity contribution >= 4 is 18.2 Å². The lowest BCUT2D eigenvalue weighted by Crippen LogP contribution is -2.52. The predicted octanol–water partition coefficient (Wildman–Crippen LogP) is 2.25. The monoisotopic (exact) mass is 362 g/mol. The Morgan fingerprint density at radius 2 is 1.92 bits per heavy atom. The number of aldehydes is 1. The first kappa shape index (κ1) is 17.7. The molecule has 0 aromatic heterocycles. The molecule has 0 unspecified atom stereocenters. The van der Waals surface area contributed by atoms with Crippen LogP contribution in [-0.4, -0.2) is 39.1 Å². The molecule has 3 N–H and O–H groups in total. The van der Waals surface area contributed by atoms with Crippen LogP contribution in [0.3, 0.4) is 0 Å². The fraction of sp³-hybridized carbons (Fsp3) is 0.750. The number of fused-ring (bicyclic) bond motifs is 3. The van der Waals surface area contributed by atoms with E-state index in [2.05, 4.69) is 6.58 Å². The SMILES string of the molecule is C=C1C[C@]23C[C@@]1(O)CC[C@@H]2[C@]1(C=O)CCC[C@@](C)(C(=O)O)[C@@H]1[C@@H]3C(=O)O. The molecule has 0 aromatic carbocycles. The predicted molar refractivity (Wildman–Crippen MR) is 91.2 cm³/mol. The van der Waals surface area contributed by atoms with Crippen LogP contribution in [0.2, 0.25) is 0 Å². The van der Waals surface area contributed by atoms with Crippen LogP contribution >= 0.6 is 0 Å². The summed E-state index contributed by atoms with van der Waals surface area (Å²) in [4.78, 5) is 37.1. The van der Waals surface area contributed by atoms with Crippen LogP contribution in [-0.2, 0) is 14.4 Å². The first-order chi connectivity index (χ1) is 12.1. The minimum atomic E-state index is -1.25. The number of hydrogen-bond donors (Lipinski definition) is 3. The number of aliphatic hydroxyl groups is 1. The van der Waals surface area contributed by atoms with Gasteiger partial charge in [-0.05, 0) is 62.4 Å². The highest BCUT2D eigenvalue weighted by molar-refractivity contribution is 5.82. The second kappa shape index (κ2) is 4.97. The molecular weight excluding hydrogens is 336 g/mol. The fourth-order valence-electron chi connectivity index (χ4n) is 7.63. The first-order valence-electron chi connectivity index (χ1n) is 9.41. The van der Waals surface area contributed by atoms with Crippen molar-refractivity contribution in [1.29, 1.82) is 0 Å². The second-order valence-corrected chi connectivity index (χ2v) is 9.41. The largest absolute Gasteiger partial charge is 0.481 e. The highest BCUT2D eigenvalue weighted by atomic mass is 16.4. The molecule has 4 fully saturated rings. The molecule has 0 heterocycles. The number of hydrogen-bond acceptors (Lipinski definition) is 4. The van der Waals surface area contributed by atoms with E-state index in [1.54, 1.807) is 6.92 Å². The van der Waals surface area contributed by atoms with Gasteiger partial charge in [-0.2, -0.15) is 0 Å². The molecule has 4 saturated carbocycles. The molecule has 142 valence electrons. The third-order valence-electron chi connectivity index (χ3n) is 8.51. The van der Waals surface area contributed by atoms with Crippen molar-refractivity contribution in [3.8, 4) is 0 Å². The zero-order valence-electron chi connectivity index (χ0n) is 15.0. The van der Waals surface area contributed by atoms with Crippen molar-refractivity contribution in [3.63, 3.8) is 0 Å². The Kier molecular flexibility index (Phi) is 3.39. The van der Waals surface area contributed by atoms with Crippen LogP contribution in [0, 0.1) is 34.0 Å². The molecular formula is C20H26O6. The van der Waals surface area contributed by atoms with Crippen LogP contribution in [0.5, 0.6) is 0 Å². The molecule has 4 aliphatic carbocycles. The van der Waals surface area contributed by atoms with Gasteiger partial charge in [0.1, 0.15) is 6.29 Å². The summed E-state index contributed by atoms with van der Waals surface area (Å²) in [6, 6.07) is 0. The van der Waals surface area contributed by atoms with Gasteiger partial charge in [-0.1, -0.05) is 13.0 Å². The second-order valence-electron chi connectivity index (χ2n) is 9.41. The summed E-state index contributed by atoms with van der Waals surface area (Å²) in [6.07, 6.45) is 4.04. The molecule has 26 heavy (non-hydrogen) atoms. The van der Waals surface area contributed by atoms with Crippen molar-refractivity contribution < 1.29 is 29.7 Å². The molecule has 6 heteroatoms. The van der Waals surface area contributed by atoms with Crippen LogP contribution in [0.1, 0.15) is 51.9 Å². The van der Waals surface area contributed by atoms with Crippen molar-refractivity contribution in [1.82, 2.24) is 0 Å².